The lowest BCUT2D eigenvalue weighted by Gasteiger charge is -2.31. The fourth-order valence-corrected chi connectivity index (χ4v) is 3.25. The van der Waals surface area contributed by atoms with Gasteiger partial charge in [-0.25, -0.2) is 0 Å². The molecule has 0 saturated carbocycles. The zero-order chi connectivity index (χ0) is 15.2. The van der Waals surface area contributed by atoms with Gasteiger partial charge in [0.2, 0.25) is 0 Å². The summed E-state index contributed by atoms with van der Waals surface area (Å²) in [5.74, 6) is 1.83. The van der Waals surface area contributed by atoms with E-state index in [1.165, 1.54) is 36.7 Å². The highest BCUT2D eigenvalue weighted by molar-refractivity contribution is 5.85. The van der Waals surface area contributed by atoms with Crippen molar-refractivity contribution >= 4 is 23.2 Å². The first-order chi connectivity index (χ1) is 10.8. The van der Waals surface area contributed by atoms with Crippen LogP contribution in [0.15, 0.2) is 42.5 Å². The second kappa shape index (κ2) is 9.11. The van der Waals surface area contributed by atoms with Gasteiger partial charge in [0.25, 0.3) is 0 Å². The molecule has 23 heavy (non-hydrogen) atoms. The minimum Gasteiger partial charge on any atom is -0.492 e. The van der Waals surface area contributed by atoms with E-state index in [1.807, 2.05) is 7.05 Å². The lowest BCUT2D eigenvalue weighted by molar-refractivity contribution is 0.155. The van der Waals surface area contributed by atoms with Crippen molar-refractivity contribution in [1.82, 2.24) is 10.2 Å². The normalized spacial score (nSPS) is 16.2. The average molecular weight is 335 g/mol. The molecule has 0 unspecified atom stereocenters. The largest absolute Gasteiger partial charge is 0.492 e. The molecule has 1 aliphatic rings. The predicted molar refractivity (Wildman–Crippen MR) is 99.8 cm³/mol. The Morgan fingerprint density at radius 3 is 2.57 bits per heavy atom. The van der Waals surface area contributed by atoms with Crippen LogP contribution in [0, 0.1) is 5.92 Å². The first-order valence-corrected chi connectivity index (χ1v) is 8.34. The highest BCUT2D eigenvalue weighted by atomic mass is 35.5. The first kappa shape index (κ1) is 18.1. The van der Waals surface area contributed by atoms with Crippen LogP contribution >= 0.6 is 12.4 Å². The lowest BCUT2D eigenvalue weighted by atomic mass is 9.97. The molecule has 0 spiro atoms. The van der Waals surface area contributed by atoms with Crippen LogP contribution in [0.3, 0.4) is 0 Å². The zero-order valence-corrected chi connectivity index (χ0v) is 14.6. The van der Waals surface area contributed by atoms with Crippen molar-refractivity contribution in [3.63, 3.8) is 0 Å². The van der Waals surface area contributed by atoms with Gasteiger partial charge >= 0.3 is 0 Å². The number of rotatable bonds is 6. The third-order valence-electron chi connectivity index (χ3n) is 4.60. The third-order valence-corrected chi connectivity index (χ3v) is 4.60. The number of piperidine rings is 1. The van der Waals surface area contributed by atoms with Crippen LogP contribution in [0.2, 0.25) is 0 Å². The third kappa shape index (κ3) is 5.10. The van der Waals surface area contributed by atoms with Gasteiger partial charge < -0.3 is 10.1 Å². The minimum atomic E-state index is 0. The molecule has 4 heteroatoms. The number of halogens is 1. The number of nitrogens with zero attached hydrogens (tertiary/aromatic N) is 1. The van der Waals surface area contributed by atoms with Crippen LogP contribution in [0.25, 0.3) is 10.8 Å². The number of benzene rings is 2. The molecule has 0 aromatic heterocycles. The maximum Gasteiger partial charge on any atom is 0.120 e. The van der Waals surface area contributed by atoms with Crippen LogP contribution in [0.5, 0.6) is 5.75 Å². The van der Waals surface area contributed by atoms with Gasteiger partial charge in [-0.3, -0.25) is 4.90 Å². The molecule has 0 bridgehead atoms. The lowest BCUT2D eigenvalue weighted by Crippen LogP contribution is -2.38. The highest BCUT2D eigenvalue weighted by Crippen LogP contribution is 2.21. The van der Waals surface area contributed by atoms with E-state index in [0.717, 1.165) is 31.4 Å². The molecular formula is C19H27ClN2O. The number of hydrogen-bond acceptors (Lipinski definition) is 3. The molecule has 1 N–H and O–H groups in total. The molecule has 3 rings (SSSR count). The summed E-state index contributed by atoms with van der Waals surface area (Å²) >= 11 is 0. The van der Waals surface area contributed by atoms with Crippen molar-refractivity contribution in [2.75, 3.05) is 39.8 Å². The van der Waals surface area contributed by atoms with Gasteiger partial charge in [0.05, 0.1) is 0 Å². The van der Waals surface area contributed by atoms with Crippen LogP contribution in [-0.2, 0) is 0 Å². The Kier molecular flexibility index (Phi) is 7.15. The second-order valence-electron chi connectivity index (χ2n) is 6.20. The summed E-state index contributed by atoms with van der Waals surface area (Å²) in [6.45, 7) is 5.36. The molecule has 1 aliphatic heterocycles. The summed E-state index contributed by atoms with van der Waals surface area (Å²) in [5.41, 5.74) is 0. The number of ether oxygens (including phenoxy) is 1. The number of hydrogen-bond donors (Lipinski definition) is 1. The van der Waals surface area contributed by atoms with Gasteiger partial charge in [0.1, 0.15) is 12.4 Å². The van der Waals surface area contributed by atoms with Gasteiger partial charge in [-0.1, -0.05) is 30.3 Å². The minimum absolute atomic E-state index is 0. The molecule has 2 aromatic carbocycles. The first-order valence-electron chi connectivity index (χ1n) is 8.34. The van der Waals surface area contributed by atoms with Gasteiger partial charge in [-0.15, -0.1) is 12.4 Å². The van der Waals surface area contributed by atoms with Crippen molar-refractivity contribution < 1.29 is 4.74 Å². The zero-order valence-electron chi connectivity index (χ0n) is 13.8. The van der Waals surface area contributed by atoms with Crippen molar-refractivity contribution in [2.24, 2.45) is 5.92 Å². The maximum absolute atomic E-state index is 5.94. The Hall–Kier alpha value is -1.29. The average Bonchev–Trinajstić information content (AvgIpc) is 2.57. The van der Waals surface area contributed by atoms with Gasteiger partial charge in [0, 0.05) is 6.54 Å². The number of likely N-dealkylation sites (tertiary alicyclic amines) is 1. The standard InChI is InChI=1S/C19H26N2O.ClH/c1-20-15-16-8-10-21(11-9-16)12-13-22-19-7-6-17-4-2-3-5-18(17)14-19;/h2-7,14,16,20H,8-13,15H2,1H3;1H. The van der Waals surface area contributed by atoms with Crippen LogP contribution in [0.4, 0.5) is 0 Å². The molecule has 3 nitrogen and oxygen atoms in total. The number of nitrogens with one attached hydrogen (secondary N) is 1. The maximum atomic E-state index is 5.94. The quantitative estimate of drug-likeness (QED) is 0.874. The van der Waals surface area contributed by atoms with E-state index >= 15 is 0 Å². The van der Waals surface area contributed by atoms with Crippen molar-refractivity contribution in [1.29, 1.82) is 0 Å². The Morgan fingerprint density at radius 1 is 1.09 bits per heavy atom. The molecule has 0 aliphatic carbocycles. The summed E-state index contributed by atoms with van der Waals surface area (Å²) in [7, 11) is 2.05. The van der Waals surface area contributed by atoms with Gasteiger partial charge in [0.15, 0.2) is 0 Å². The Balaban J connectivity index is 0.00000192. The molecule has 1 fully saturated rings. The summed E-state index contributed by atoms with van der Waals surface area (Å²) in [6, 6.07) is 14.7. The monoisotopic (exact) mass is 334 g/mol. The summed E-state index contributed by atoms with van der Waals surface area (Å²) in [4.78, 5) is 2.52. The molecule has 0 radical (unpaired) electrons. The van der Waals surface area contributed by atoms with E-state index in [0.29, 0.717) is 0 Å². The molecule has 126 valence electrons. The van der Waals surface area contributed by atoms with E-state index in [4.69, 9.17) is 4.74 Å². The van der Waals surface area contributed by atoms with E-state index in [9.17, 15) is 0 Å². The SMILES string of the molecule is CNCC1CCN(CCOc2ccc3ccccc3c2)CC1.Cl. The van der Waals surface area contributed by atoms with Crippen molar-refractivity contribution in [3.05, 3.63) is 42.5 Å². The molecule has 2 aromatic rings. The van der Waals surface area contributed by atoms with Crippen LogP contribution < -0.4 is 10.1 Å². The Morgan fingerprint density at radius 2 is 1.83 bits per heavy atom. The van der Waals surface area contributed by atoms with E-state index in [1.54, 1.807) is 0 Å². The fraction of sp³-hybridized carbons (Fsp3) is 0.474. The topological polar surface area (TPSA) is 24.5 Å². The Labute approximate surface area is 145 Å². The van der Waals surface area contributed by atoms with E-state index in [2.05, 4.69) is 52.7 Å². The molecule has 0 amide bonds. The Bertz CT molecular complexity index is 597. The summed E-state index contributed by atoms with van der Waals surface area (Å²) in [6.07, 6.45) is 2.60. The summed E-state index contributed by atoms with van der Waals surface area (Å²) in [5, 5.41) is 5.80. The smallest absolute Gasteiger partial charge is 0.120 e. The van der Waals surface area contributed by atoms with E-state index < -0.39 is 0 Å². The van der Waals surface area contributed by atoms with Gasteiger partial charge in [-0.05, 0) is 68.3 Å². The molecule has 1 heterocycles. The number of fused-ring (bicyclic) bond motifs is 1. The summed E-state index contributed by atoms with van der Waals surface area (Å²) < 4.78 is 5.94. The van der Waals surface area contributed by atoms with Crippen molar-refractivity contribution in [3.8, 4) is 5.75 Å². The van der Waals surface area contributed by atoms with E-state index in [-0.39, 0.29) is 12.4 Å². The fourth-order valence-electron chi connectivity index (χ4n) is 3.25. The molecule has 1 saturated heterocycles. The highest BCUT2D eigenvalue weighted by Gasteiger charge is 2.18. The predicted octanol–water partition coefficient (Wildman–Crippen LogP) is 3.57. The van der Waals surface area contributed by atoms with Gasteiger partial charge in [-0.2, -0.15) is 0 Å². The second-order valence-corrected chi connectivity index (χ2v) is 6.20. The van der Waals surface area contributed by atoms with Crippen molar-refractivity contribution in [2.45, 2.75) is 12.8 Å². The van der Waals surface area contributed by atoms with Crippen LogP contribution in [-0.4, -0.2) is 44.7 Å². The van der Waals surface area contributed by atoms with Crippen LogP contribution in [0.1, 0.15) is 12.8 Å². The molecular weight excluding hydrogens is 308 g/mol. The molecule has 0 atom stereocenters.